The van der Waals surface area contributed by atoms with Crippen molar-refractivity contribution in [3.8, 4) is 0 Å². The minimum atomic E-state index is -3.24. The molecule has 2 N–H and O–H groups in total. The fourth-order valence-electron chi connectivity index (χ4n) is 2.18. The van der Waals surface area contributed by atoms with Crippen LogP contribution in [0.3, 0.4) is 0 Å². The molecule has 7 heteroatoms. The van der Waals surface area contributed by atoms with Gasteiger partial charge < -0.3 is 5.73 Å². The molecule has 0 unspecified atom stereocenters. The van der Waals surface area contributed by atoms with Crippen molar-refractivity contribution < 1.29 is 8.42 Å². The average Bonchev–Trinajstić information content (AvgIpc) is 2.39. The van der Waals surface area contributed by atoms with E-state index in [4.69, 9.17) is 5.73 Å². The van der Waals surface area contributed by atoms with E-state index in [1.54, 1.807) is 28.7 Å². The lowest BCUT2D eigenvalue weighted by atomic mass is 9.99. The smallest absolute Gasteiger partial charge is 0.219 e. The van der Waals surface area contributed by atoms with E-state index in [2.05, 4.69) is 4.98 Å². The number of aromatic nitrogens is 1. The molecule has 1 aromatic rings. The number of rotatable bonds is 4. The lowest BCUT2D eigenvalue weighted by Gasteiger charge is -2.30. The van der Waals surface area contributed by atoms with E-state index < -0.39 is 10.0 Å². The highest BCUT2D eigenvalue weighted by Gasteiger charge is 2.27. The zero-order chi connectivity index (χ0) is 13.0. The number of halogens is 1. The highest BCUT2D eigenvalue weighted by Crippen LogP contribution is 2.20. The molecule has 0 radical (unpaired) electrons. The van der Waals surface area contributed by atoms with Crippen molar-refractivity contribution in [1.29, 1.82) is 0 Å². The zero-order valence-corrected chi connectivity index (χ0v) is 12.4. The van der Waals surface area contributed by atoms with E-state index in [0.29, 0.717) is 31.2 Å². The Morgan fingerprint density at radius 3 is 2.53 bits per heavy atom. The van der Waals surface area contributed by atoms with Gasteiger partial charge in [0.15, 0.2) is 0 Å². The number of hydrogen-bond donors (Lipinski definition) is 1. The van der Waals surface area contributed by atoms with Crippen LogP contribution in [-0.4, -0.2) is 37.3 Å². The number of hydrogen-bond acceptors (Lipinski definition) is 4. The van der Waals surface area contributed by atoms with Gasteiger partial charge in [0.2, 0.25) is 10.0 Å². The molecule has 2 heterocycles. The summed E-state index contributed by atoms with van der Waals surface area (Å²) >= 11 is 0. The largest absolute Gasteiger partial charge is 0.330 e. The van der Waals surface area contributed by atoms with Gasteiger partial charge in [0.1, 0.15) is 5.75 Å². The molecule has 0 amide bonds. The molecule has 0 spiro atoms. The van der Waals surface area contributed by atoms with E-state index in [1.165, 1.54) is 0 Å². The summed E-state index contributed by atoms with van der Waals surface area (Å²) in [7, 11) is -3.24. The van der Waals surface area contributed by atoms with Crippen LogP contribution in [0.25, 0.3) is 0 Å². The highest BCUT2D eigenvalue weighted by atomic mass is 35.5. The third kappa shape index (κ3) is 4.42. The first-order chi connectivity index (χ1) is 8.62. The minimum absolute atomic E-state index is 0. The van der Waals surface area contributed by atoms with Crippen LogP contribution in [0.15, 0.2) is 24.4 Å². The van der Waals surface area contributed by atoms with Crippen LogP contribution < -0.4 is 5.73 Å². The van der Waals surface area contributed by atoms with Crippen molar-refractivity contribution in [2.24, 2.45) is 11.7 Å². The van der Waals surface area contributed by atoms with Gasteiger partial charge in [-0.1, -0.05) is 6.07 Å². The van der Waals surface area contributed by atoms with Crippen LogP contribution in [-0.2, 0) is 15.8 Å². The highest BCUT2D eigenvalue weighted by molar-refractivity contribution is 7.88. The molecule has 1 aromatic heterocycles. The molecule has 5 nitrogen and oxygen atoms in total. The van der Waals surface area contributed by atoms with E-state index >= 15 is 0 Å². The monoisotopic (exact) mass is 305 g/mol. The molecule has 2 rings (SSSR count). The van der Waals surface area contributed by atoms with Gasteiger partial charge in [0, 0.05) is 19.3 Å². The molecule has 0 aromatic carbocycles. The van der Waals surface area contributed by atoms with Crippen LogP contribution in [0.5, 0.6) is 0 Å². The predicted octanol–water partition coefficient (Wildman–Crippen LogP) is 1.00. The van der Waals surface area contributed by atoms with E-state index in [-0.39, 0.29) is 18.2 Å². The van der Waals surface area contributed by atoms with Gasteiger partial charge in [-0.3, -0.25) is 4.98 Å². The Kier molecular flexibility index (Phi) is 6.19. The summed E-state index contributed by atoms with van der Waals surface area (Å²) in [6, 6.07) is 5.32. The molecule has 1 fully saturated rings. The molecule has 108 valence electrons. The van der Waals surface area contributed by atoms with Crippen molar-refractivity contribution >= 4 is 22.4 Å². The summed E-state index contributed by atoms with van der Waals surface area (Å²) in [5, 5.41) is 0. The van der Waals surface area contributed by atoms with Crippen LogP contribution >= 0.6 is 12.4 Å². The molecule has 0 atom stereocenters. The lowest BCUT2D eigenvalue weighted by Crippen LogP contribution is -2.40. The average molecular weight is 306 g/mol. The standard InChI is InChI=1S/C12H19N3O2S.ClH/c13-9-11-4-7-15(8-5-11)18(16,17)10-12-3-1-2-6-14-12;/h1-3,6,11H,4-5,7-10,13H2;1H. The Morgan fingerprint density at radius 2 is 2.00 bits per heavy atom. The Morgan fingerprint density at radius 1 is 1.32 bits per heavy atom. The van der Waals surface area contributed by atoms with Gasteiger partial charge in [-0.2, -0.15) is 0 Å². The Hall–Kier alpha value is -0.690. The quantitative estimate of drug-likeness (QED) is 0.900. The number of piperidine rings is 1. The van der Waals surface area contributed by atoms with Gasteiger partial charge in [0.05, 0.1) is 5.69 Å². The van der Waals surface area contributed by atoms with Crippen LogP contribution in [0.2, 0.25) is 0 Å². The molecular weight excluding hydrogens is 286 g/mol. The second kappa shape index (κ2) is 7.19. The predicted molar refractivity (Wildman–Crippen MR) is 77.5 cm³/mol. The summed E-state index contributed by atoms with van der Waals surface area (Å²) in [4.78, 5) is 4.06. The Bertz CT molecular complexity index is 473. The summed E-state index contributed by atoms with van der Waals surface area (Å²) in [6.45, 7) is 1.81. The number of pyridine rings is 1. The number of sulfonamides is 1. The summed E-state index contributed by atoms with van der Waals surface area (Å²) in [5.74, 6) is 0.451. The van der Waals surface area contributed by atoms with E-state index in [9.17, 15) is 8.42 Å². The van der Waals surface area contributed by atoms with Crippen LogP contribution in [0.4, 0.5) is 0 Å². The topological polar surface area (TPSA) is 76.3 Å². The third-order valence-electron chi connectivity index (χ3n) is 3.36. The fourth-order valence-corrected chi connectivity index (χ4v) is 3.68. The van der Waals surface area contributed by atoms with Crippen molar-refractivity contribution in [3.63, 3.8) is 0 Å². The van der Waals surface area contributed by atoms with Crippen molar-refractivity contribution in [3.05, 3.63) is 30.1 Å². The van der Waals surface area contributed by atoms with E-state index in [0.717, 1.165) is 12.8 Å². The first kappa shape index (κ1) is 16.4. The Balaban J connectivity index is 0.00000180. The maximum Gasteiger partial charge on any atom is 0.219 e. The maximum absolute atomic E-state index is 12.2. The summed E-state index contributed by atoms with van der Waals surface area (Å²) in [6.07, 6.45) is 3.33. The number of nitrogens with two attached hydrogens (primary N) is 1. The zero-order valence-electron chi connectivity index (χ0n) is 10.7. The van der Waals surface area contributed by atoms with Crippen molar-refractivity contribution in [1.82, 2.24) is 9.29 Å². The van der Waals surface area contributed by atoms with E-state index in [1.807, 2.05) is 0 Å². The van der Waals surface area contributed by atoms with Crippen molar-refractivity contribution in [2.75, 3.05) is 19.6 Å². The fraction of sp³-hybridized carbons (Fsp3) is 0.583. The van der Waals surface area contributed by atoms with Gasteiger partial charge in [0.25, 0.3) is 0 Å². The van der Waals surface area contributed by atoms with Crippen molar-refractivity contribution in [2.45, 2.75) is 18.6 Å². The molecule has 19 heavy (non-hydrogen) atoms. The SMILES string of the molecule is Cl.NCC1CCN(S(=O)(=O)Cc2ccccn2)CC1. The Labute approximate surface area is 120 Å². The first-order valence-corrected chi connectivity index (χ1v) is 7.80. The molecular formula is C12H20ClN3O2S. The molecule has 1 aliphatic rings. The van der Waals surface area contributed by atoms with Gasteiger partial charge in [-0.25, -0.2) is 12.7 Å². The van der Waals surface area contributed by atoms with Gasteiger partial charge >= 0.3 is 0 Å². The maximum atomic E-state index is 12.2. The molecule has 0 aliphatic carbocycles. The second-order valence-electron chi connectivity index (χ2n) is 4.66. The molecule has 1 saturated heterocycles. The molecule has 0 bridgehead atoms. The van der Waals surface area contributed by atoms with Crippen LogP contribution in [0.1, 0.15) is 18.5 Å². The normalized spacial score (nSPS) is 17.9. The lowest BCUT2D eigenvalue weighted by molar-refractivity contribution is 0.278. The minimum Gasteiger partial charge on any atom is -0.330 e. The molecule has 0 saturated carbocycles. The second-order valence-corrected chi connectivity index (χ2v) is 6.62. The van der Waals surface area contributed by atoms with Gasteiger partial charge in [-0.15, -0.1) is 12.4 Å². The summed E-state index contributed by atoms with van der Waals surface area (Å²) < 4.78 is 26.0. The molecule has 1 aliphatic heterocycles. The third-order valence-corrected chi connectivity index (χ3v) is 5.17. The van der Waals surface area contributed by atoms with Gasteiger partial charge in [-0.05, 0) is 37.4 Å². The first-order valence-electron chi connectivity index (χ1n) is 6.19. The van der Waals surface area contributed by atoms with Crippen LogP contribution in [0, 0.1) is 5.92 Å². The number of nitrogens with zero attached hydrogens (tertiary/aromatic N) is 2. The summed E-state index contributed by atoms with van der Waals surface area (Å²) in [5.41, 5.74) is 6.20.